The van der Waals surface area contributed by atoms with Gasteiger partial charge >= 0.3 is 6.09 Å². The SMILES string of the molecule is Cc1cc(COC2CCCN(C(=O)OC(C)(C)C)C2c2ccccc2)cc([Si](C)(C)C)c1. The number of hydrogen-bond acceptors (Lipinski definition) is 3. The van der Waals surface area contributed by atoms with Crippen molar-refractivity contribution >= 4 is 19.4 Å². The molecule has 1 aliphatic heterocycles. The van der Waals surface area contributed by atoms with Crippen LogP contribution >= 0.6 is 0 Å². The lowest BCUT2D eigenvalue weighted by atomic mass is 9.92. The highest BCUT2D eigenvalue weighted by Gasteiger charge is 2.38. The molecule has 32 heavy (non-hydrogen) atoms. The van der Waals surface area contributed by atoms with Crippen LogP contribution in [0.4, 0.5) is 4.79 Å². The first kappa shape index (κ1) is 24.5. The van der Waals surface area contributed by atoms with Crippen LogP contribution in [0.3, 0.4) is 0 Å². The van der Waals surface area contributed by atoms with Crippen molar-refractivity contribution in [3.8, 4) is 0 Å². The lowest BCUT2D eigenvalue weighted by Gasteiger charge is -2.41. The van der Waals surface area contributed by atoms with Gasteiger partial charge in [0.1, 0.15) is 5.60 Å². The van der Waals surface area contributed by atoms with Gasteiger partial charge in [-0.05, 0) is 51.7 Å². The number of nitrogens with zero attached hydrogens (tertiary/aromatic N) is 1. The van der Waals surface area contributed by atoms with Gasteiger partial charge in [-0.25, -0.2) is 4.79 Å². The van der Waals surface area contributed by atoms with Crippen molar-refractivity contribution in [3.05, 3.63) is 65.2 Å². The van der Waals surface area contributed by atoms with Gasteiger partial charge in [0.05, 0.1) is 26.8 Å². The first-order chi connectivity index (χ1) is 14.9. The largest absolute Gasteiger partial charge is 0.444 e. The number of amides is 1. The summed E-state index contributed by atoms with van der Waals surface area (Å²) in [7, 11) is -1.40. The Morgan fingerprint density at radius 2 is 1.78 bits per heavy atom. The quantitative estimate of drug-likeness (QED) is 0.506. The topological polar surface area (TPSA) is 38.8 Å². The van der Waals surface area contributed by atoms with Crippen molar-refractivity contribution in [1.82, 2.24) is 4.90 Å². The van der Waals surface area contributed by atoms with E-state index in [1.54, 1.807) is 0 Å². The van der Waals surface area contributed by atoms with Crippen molar-refractivity contribution in [2.45, 2.75) is 84.5 Å². The van der Waals surface area contributed by atoms with Crippen LogP contribution in [-0.2, 0) is 16.1 Å². The Bertz CT molecular complexity index is 915. The third-order valence-electron chi connectivity index (χ3n) is 5.81. The minimum absolute atomic E-state index is 0.0745. The van der Waals surface area contributed by atoms with Gasteiger partial charge in [0.2, 0.25) is 0 Å². The summed E-state index contributed by atoms with van der Waals surface area (Å²) in [5.74, 6) is 0. The second-order valence-corrected chi connectivity index (χ2v) is 16.1. The lowest BCUT2D eigenvalue weighted by molar-refractivity contribution is -0.0600. The Morgan fingerprint density at radius 1 is 1.09 bits per heavy atom. The fourth-order valence-electron chi connectivity index (χ4n) is 4.29. The summed E-state index contributed by atoms with van der Waals surface area (Å²) in [5.41, 5.74) is 3.06. The molecule has 1 aliphatic rings. The Labute approximate surface area is 194 Å². The zero-order valence-corrected chi connectivity index (χ0v) is 21.8. The van der Waals surface area contributed by atoms with E-state index in [4.69, 9.17) is 9.47 Å². The molecular formula is C27H39NO3Si. The van der Waals surface area contributed by atoms with Crippen LogP contribution < -0.4 is 5.19 Å². The molecule has 3 rings (SSSR count). The van der Waals surface area contributed by atoms with E-state index < -0.39 is 13.7 Å². The highest BCUT2D eigenvalue weighted by atomic mass is 28.3. The van der Waals surface area contributed by atoms with Crippen molar-refractivity contribution in [1.29, 1.82) is 0 Å². The van der Waals surface area contributed by atoms with Crippen molar-refractivity contribution < 1.29 is 14.3 Å². The molecule has 174 valence electrons. The van der Waals surface area contributed by atoms with Crippen LogP contribution in [0.15, 0.2) is 48.5 Å². The van der Waals surface area contributed by atoms with Gasteiger partial charge in [-0.2, -0.15) is 0 Å². The second kappa shape index (κ2) is 9.80. The average molecular weight is 454 g/mol. The van der Waals surface area contributed by atoms with Crippen molar-refractivity contribution in [2.75, 3.05) is 6.54 Å². The maximum absolute atomic E-state index is 13.1. The van der Waals surface area contributed by atoms with Gasteiger partial charge in [-0.3, -0.25) is 4.90 Å². The standard InChI is InChI=1S/C27H39NO3Si/c1-20-16-21(18-23(17-20)32(5,6)7)19-30-24-14-11-15-28(26(29)31-27(2,3)4)25(24)22-12-9-8-10-13-22/h8-10,12-13,16-18,24-25H,11,14-15,19H2,1-7H3. The second-order valence-electron chi connectivity index (χ2n) is 11.0. The van der Waals surface area contributed by atoms with Gasteiger partial charge in [0, 0.05) is 6.54 Å². The molecule has 2 unspecified atom stereocenters. The fraction of sp³-hybridized carbons (Fsp3) is 0.519. The van der Waals surface area contributed by atoms with Crippen LogP contribution in [0.5, 0.6) is 0 Å². The molecule has 2 aromatic carbocycles. The number of aryl methyl sites for hydroxylation is 1. The van der Waals surface area contributed by atoms with Gasteiger partial charge in [0.15, 0.2) is 0 Å². The zero-order chi connectivity index (χ0) is 23.5. The van der Waals surface area contributed by atoms with E-state index in [0.29, 0.717) is 13.2 Å². The minimum atomic E-state index is -1.40. The Hall–Kier alpha value is -2.11. The molecule has 5 heteroatoms. The predicted molar refractivity (Wildman–Crippen MR) is 134 cm³/mol. The molecule has 0 spiro atoms. The molecule has 0 saturated carbocycles. The highest BCUT2D eigenvalue weighted by molar-refractivity contribution is 6.88. The highest BCUT2D eigenvalue weighted by Crippen LogP contribution is 2.35. The molecule has 0 N–H and O–H groups in total. The molecular weight excluding hydrogens is 414 g/mol. The summed E-state index contributed by atoms with van der Waals surface area (Å²) >= 11 is 0. The average Bonchev–Trinajstić information content (AvgIpc) is 2.70. The van der Waals surface area contributed by atoms with E-state index in [9.17, 15) is 4.79 Å². The predicted octanol–water partition coefficient (Wildman–Crippen LogP) is 6.20. The molecule has 0 aliphatic carbocycles. The molecule has 1 heterocycles. The number of hydrogen-bond donors (Lipinski definition) is 0. The summed E-state index contributed by atoms with van der Waals surface area (Å²) in [4.78, 5) is 14.9. The summed E-state index contributed by atoms with van der Waals surface area (Å²) < 4.78 is 12.3. The van der Waals surface area contributed by atoms with Crippen molar-refractivity contribution in [3.63, 3.8) is 0 Å². The van der Waals surface area contributed by atoms with E-state index in [1.165, 1.54) is 16.3 Å². The van der Waals surface area contributed by atoms with Crippen LogP contribution in [0, 0.1) is 6.92 Å². The molecule has 4 nitrogen and oxygen atoms in total. The monoisotopic (exact) mass is 453 g/mol. The summed E-state index contributed by atoms with van der Waals surface area (Å²) in [6.45, 7) is 16.2. The smallest absolute Gasteiger partial charge is 0.410 e. The Kier molecular flexibility index (Phi) is 7.51. The maximum Gasteiger partial charge on any atom is 0.410 e. The van der Waals surface area contributed by atoms with E-state index in [2.05, 4.69) is 56.9 Å². The normalized spacial score (nSPS) is 19.7. The number of ether oxygens (including phenoxy) is 2. The van der Waals surface area contributed by atoms with Crippen LogP contribution in [0.25, 0.3) is 0 Å². The molecule has 0 aromatic heterocycles. The maximum atomic E-state index is 13.1. The lowest BCUT2D eigenvalue weighted by Crippen LogP contribution is -2.47. The molecule has 1 saturated heterocycles. The van der Waals surface area contributed by atoms with Gasteiger partial charge in [0.25, 0.3) is 0 Å². The van der Waals surface area contributed by atoms with E-state index in [0.717, 1.165) is 18.4 Å². The molecule has 1 amide bonds. The Balaban J connectivity index is 1.84. The third kappa shape index (κ3) is 6.45. The number of benzene rings is 2. The third-order valence-corrected chi connectivity index (χ3v) is 7.83. The minimum Gasteiger partial charge on any atom is -0.444 e. The fourth-order valence-corrected chi connectivity index (χ4v) is 5.57. The van der Waals surface area contributed by atoms with Gasteiger partial charge < -0.3 is 9.47 Å². The number of likely N-dealkylation sites (tertiary alicyclic amines) is 1. The van der Waals surface area contributed by atoms with E-state index >= 15 is 0 Å². The zero-order valence-electron chi connectivity index (χ0n) is 20.8. The molecule has 1 fully saturated rings. The summed E-state index contributed by atoms with van der Waals surface area (Å²) in [5, 5.41) is 1.45. The van der Waals surface area contributed by atoms with Crippen LogP contribution in [0.2, 0.25) is 19.6 Å². The number of piperidine rings is 1. The van der Waals surface area contributed by atoms with E-state index in [1.807, 2.05) is 43.9 Å². The molecule has 0 radical (unpaired) electrons. The Morgan fingerprint density at radius 3 is 2.41 bits per heavy atom. The summed E-state index contributed by atoms with van der Waals surface area (Å²) in [6, 6.07) is 16.9. The van der Waals surface area contributed by atoms with E-state index in [-0.39, 0.29) is 18.2 Å². The number of carbonyl (C=O) groups excluding carboxylic acids is 1. The number of rotatable bonds is 5. The van der Waals surface area contributed by atoms with Crippen molar-refractivity contribution in [2.24, 2.45) is 0 Å². The van der Waals surface area contributed by atoms with Crippen LogP contribution in [0.1, 0.15) is 56.3 Å². The first-order valence-electron chi connectivity index (χ1n) is 11.7. The number of carbonyl (C=O) groups is 1. The molecule has 2 atom stereocenters. The summed E-state index contributed by atoms with van der Waals surface area (Å²) in [6.07, 6.45) is 1.48. The molecule has 0 bridgehead atoms. The molecule has 2 aromatic rings. The first-order valence-corrected chi connectivity index (χ1v) is 15.2. The van der Waals surface area contributed by atoms with Gasteiger partial charge in [-0.15, -0.1) is 0 Å². The van der Waals surface area contributed by atoms with Crippen LogP contribution in [-0.4, -0.2) is 37.3 Å². The van der Waals surface area contributed by atoms with Gasteiger partial charge in [-0.1, -0.05) is 78.9 Å².